The summed E-state index contributed by atoms with van der Waals surface area (Å²) in [6, 6.07) is -4.39. The molecule has 9 N–H and O–H groups in total. The zero-order chi connectivity index (χ0) is 26.7. The van der Waals surface area contributed by atoms with Gasteiger partial charge in [0.25, 0.3) is 0 Å². The molecule has 0 saturated heterocycles. The van der Waals surface area contributed by atoms with Gasteiger partial charge in [0.15, 0.2) is 0 Å². The molecule has 4 unspecified atom stereocenters. The van der Waals surface area contributed by atoms with Crippen LogP contribution in [0.15, 0.2) is 12.5 Å². The van der Waals surface area contributed by atoms with Gasteiger partial charge < -0.3 is 37.5 Å². The van der Waals surface area contributed by atoms with Crippen molar-refractivity contribution >= 4 is 29.6 Å². The topological polar surface area (TPSA) is 222 Å². The number of H-pyrrole nitrogens is 1. The molecule has 0 radical (unpaired) electrons. The van der Waals surface area contributed by atoms with Crippen LogP contribution in [0.25, 0.3) is 0 Å². The first-order chi connectivity index (χ1) is 16.3. The summed E-state index contributed by atoms with van der Waals surface area (Å²) in [6.07, 6.45) is 2.61. The van der Waals surface area contributed by atoms with Crippen LogP contribution in [0, 0.1) is 11.8 Å². The van der Waals surface area contributed by atoms with Crippen molar-refractivity contribution in [2.75, 3.05) is 0 Å². The van der Waals surface area contributed by atoms with Crippen molar-refractivity contribution in [3.8, 4) is 0 Å². The number of carboxylic acid groups (broad SMARTS) is 1. The Morgan fingerprint density at radius 3 is 2.03 bits per heavy atom. The Hall–Kier alpha value is -3.48. The van der Waals surface area contributed by atoms with Crippen LogP contribution < -0.4 is 27.4 Å². The second-order valence-electron chi connectivity index (χ2n) is 9.21. The maximum Gasteiger partial charge on any atom is 0.326 e. The fraction of sp³-hybridized carbons (Fsp3) is 0.636. The zero-order valence-electron chi connectivity index (χ0n) is 20.5. The molecular weight excluding hydrogens is 458 g/mol. The standard InChI is InChI=1S/C22H37N7O6/c1-11(2)7-15(28-21(33)18(24)12(3)4)20(32)27-14(5-6-17(23)30)19(31)29-16(22(34)35)8-13-9-25-10-26-13/h9-12,14-16,18H,5-8,24H2,1-4H3,(H2,23,30)(H,25,26)(H,27,32)(H,28,33)(H,29,31)(H,34,35). The number of carbonyl (C=O) groups excluding carboxylic acids is 4. The molecule has 13 nitrogen and oxygen atoms in total. The largest absolute Gasteiger partial charge is 0.480 e. The monoisotopic (exact) mass is 495 g/mol. The summed E-state index contributed by atoms with van der Waals surface area (Å²) in [5, 5.41) is 17.0. The Labute approximate surface area is 204 Å². The summed E-state index contributed by atoms with van der Waals surface area (Å²) < 4.78 is 0. The van der Waals surface area contributed by atoms with Crippen molar-refractivity contribution in [3.05, 3.63) is 18.2 Å². The minimum absolute atomic E-state index is 0.0185. The molecule has 1 rings (SSSR count). The molecule has 1 aromatic heterocycles. The Kier molecular flexibility index (Phi) is 11.9. The van der Waals surface area contributed by atoms with Gasteiger partial charge in [0.2, 0.25) is 23.6 Å². The van der Waals surface area contributed by atoms with Gasteiger partial charge in [-0.05, 0) is 24.7 Å². The number of aliphatic carboxylic acids is 1. The normalized spacial score (nSPS) is 14.6. The summed E-state index contributed by atoms with van der Waals surface area (Å²) in [5.41, 5.74) is 11.6. The predicted molar refractivity (Wildman–Crippen MR) is 126 cm³/mol. The van der Waals surface area contributed by atoms with Crippen molar-refractivity contribution in [2.45, 2.75) is 77.5 Å². The first-order valence-corrected chi connectivity index (χ1v) is 11.5. The number of amides is 4. The number of aromatic nitrogens is 2. The number of carbonyl (C=O) groups is 5. The minimum atomic E-state index is -1.31. The van der Waals surface area contributed by atoms with Crippen molar-refractivity contribution in [2.24, 2.45) is 23.3 Å². The van der Waals surface area contributed by atoms with Gasteiger partial charge in [-0.25, -0.2) is 9.78 Å². The van der Waals surface area contributed by atoms with Gasteiger partial charge in [-0.3, -0.25) is 19.2 Å². The fourth-order valence-electron chi connectivity index (χ4n) is 3.19. The third-order valence-corrected chi connectivity index (χ3v) is 5.27. The van der Waals surface area contributed by atoms with E-state index in [2.05, 4.69) is 25.9 Å². The first-order valence-electron chi connectivity index (χ1n) is 11.5. The Bertz CT molecular complexity index is 872. The molecule has 1 heterocycles. The van der Waals surface area contributed by atoms with E-state index >= 15 is 0 Å². The van der Waals surface area contributed by atoms with Gasteiger partial charge in [-0.15, -0.1) is 0 Å². The van der Waals surface area contributed by atoms with Crippen LogP contribution in [-0.4, -0.2) is 68.8 Å². The van der Waals surface area contributed by atoms with E-state index < -0.39 is 53.8 Å². The van der Waals surface area contributed by atoms with E-state index in [0.717, 1.165) is 0 Å². The van der Waals surface area contributed by atoms with Crippen molar-refractivity contribution < 1.29 is 29.1 Å². The molecule has 4 amide bonds. The van der Waals surface area contributed by atoms with Crippen LogP contribution in [0.2, 0.25) is 0 Å². The zero-order valence-corrected chi connectivity index (χ0v) is 20.5. The van der Waals surface area contributed by atoms with Crippen LogP contribution in [0.4, 0.5) is 0 Å². The molecule has 4 atom stereocenters. The molecule has 0 aliphatic heterocycles. The SMILES string of the molecule is CC(C)CC(NC(=O)C(N)C(C)C)C(=O)NC(CCC(N)=O)C(=O)NC(Cc1cnc[nH]1)C(=O)O. The third-order valence-electron chi connectivity index (χ3n) is 5.27. The average Bonchev–Trinajstić information content (AvgIpc) is 3.27. The first kappa shape index (κ1) is 29.6. The number of nitrogens with two attached hydrogens (primary N) is 2. The van der Waals surface area contributed by atoms with Gasteiger partial charge in [0.05, 0.1) is 12.4 Å². The number of primary amides is 1. The summed E-state index contributed by atoms with van der Waals surface area (Å²) >= 11 is 0. The second-order valence-corrected chi connectivity index (χ2v) is 9.21. The molecule has 35 heavy (non-hydrogen) atoms. The minimum Gasteiger partial charge on any atom is -0.480 e. The molecule has 0 aromatic carbocycles. The van der Waals surface area contributed by atoms with Gasteiger partial charge >= 0.3 is 5.97 Å². The molecule has 0 bridgehead atoms. The molecule has 0 aliphatic carbocycles. The molecule has 0 spiro atoms. The fourth-order valence-corrected chi connectivity index (χ4v) is 3.19. The highest BCUT2D eigenvalue weighted by atomic mass is 16.4. The number of nitrogens with zero attached hydrogens (tertiary/aromatic N) is 1. The number of aromatic amines is 1. The molecule has 1 aromatic rings. The molecule has 196 valence electrons. The molecular formula is C22H37N7O6. The van der Waals surface area contributed by atoms with Crippen LogP contribution >= 0.6 is 0 Å². The number of hydrogen-bond acceptors (Lipinski definition) is 7. The van der Waals surface area contributed by atoms with Crippen LogP contribution in [0.3, 0.4) is 0 Å². The summed E-state index contributed by atoms with van der Waals surface area (Å²) in [5.74, 6) is -4.10. The third kappa shape index (κ3) is 10.5. The lowest BCUT2D eigenvalue weighted by Crippen LogP contribution is -2.58. The van der Waals surface area contributed by atoms with Crippen molar-refractivity contribution in [3.63, 3.8) is 0 Å². The Balaban J connectivity index is 3.02. The molecule has 0 fully saturated rings. The van der Waals surface area contributed by atoms with Crippen molar-refractivity contribution in [1.82, 2.24) is 25.9 Å². The smallest absolute Gasteiger partial charge is 0.326 e. The summed E-state index contributed by atoms with van der Waals surface area (Å²) in [7, 11) is 0. The van der Waals surface area contributed by atoms with Crippen molar-refractivity contribution in [1.29, 1.82) is 0 Å². The summed E-state index contributed by atoms with van der Waals surface area (Å²) in [6.45, 7) is 7.26. The lowest BCUT2D eigenvalue weighted by molar-refractivity contribution is -0.142. The van der Waals surface area contributed by atoms with Gasteiger partial charge in [-0.1, -0.05) is 27.7 Å². The Morgan fingerprint density at radius 2 is 1.54 bits per heavy atom. The molecule has 0 saturated carbocycles. The number of hydrogen-bond donors (Lipinski definition) is 7. The highest BCUT2D eigenvalue weighted by Gasteiger charge is 2.31. The van der Waals surface area contributed by atoms with Gasteiger partial charge in [0.1, 0.15) is 18.1 Å². The van der Waals surface area contributed by atoms with Crippen LogP contribution in [0.1, 0.15) is 52.7 Å². The van der Waals surface area contributed by atoms with E-state index in [9.17, 15) is 29.1 Å². The lowest BCUT2D eigenvalue weighted by atomic mass is 10.00. The van der Waals surface area contributed by atoms with Crippen LogP contribution in [-0.2, 0) is 30.4 Å². The highest BCUT2D eigenvalue weighted by molar-refractivity contribution is 5.94. The van der Waals surface area contributed by atoms with Gasteiger partial charge in [0, 0.05) is 24.7 Å². The molecule has 13 heteroatoms. The number of carboxylic acids is 1. The van der Waals surface area contributed by atoms with Crippen LogP contribution in [0.5, 0.6) is 0 Å². The molecule has 0 aliphatic rings. The number of nitrogens with one attached hydrogen (secondary N) is 4. The van der Waals surface area contributed by atoms with Gasteiger partial charge in [-0.2, -0.15) is 0 Å². The van der Waals surface area contributed by atoms with E-state index in [1.54, 1.807) is 13.8 Å². The lowest BCUT2D eigenvalue weighted by Gasteiger charge is -2.26. The second kappa shape index (κ2) is 14.0. The van der Waals surface area contributed by atoms with E-state index in [1.807, 2.05) is 13.8 Å². The highest BCUT2D eigenvalue weighted by Crippen LogP contribution is 2.09. The summed E-state index contributed by atoms with van der Waals surface area (Å²) in [4.78, 5) is 68.0. The van der Waals surface area contributed by atoms with E-state index in [4.69, 9.17) is 11.5 Å². The maximum absolute atomic E-state index is 13.0. The Morgan fingerprint density at radius 1 is 0.971 bits per heavy atom. The average molecular weight is 496 g/mol. The van der Waals surface area contributed by atoms with E-state index in [-0.39, 0.29) is 37.5 Å². The predicted octanol–water partition coefficient (Wildman–Crippen LogP) is -1.21. The number of imidazole rings is 1. The van der Waals surface area contributed by atoms with E-state index in [1.165, 1.54) is 12.5 Å². The quantitative estimate of drug-likeness (QED) is 0.156. The number of rotatable bonds is 15. The van der Waals surface area contributed by atoms with E-state index in [0.29, 0.717) is 5.69 Å². The maximum atomic E-state index is 13.0.